The number of anilines is 1. The summed E-state index contributed by atoms with van der Waals surface area (Å²) in [6.07, 6.45) is 7.75. The summed E-state index contributed by atoms with van der Waals surface area (Å²) >= 11 is 1.58. The average Bonchev–Trinajstić information content (AvgIpc) is 3.48. The van der Waals surface area contributed by atoms with Gasteiger partial charge < -0.3 is 19.6 Å². The van der Waals surface area contributed by atoms with E-state index in [0.29, 0.717) is 6.54 Å². The highest BCUT2D eigenvalue weighted by atomic mass is 32.2. The molecular formula is C21H25N5O2S. The molecular weight excluding hydrogens is 386 g/mol. The van der Waals surface area contributed by atoms with Crippen LogP contribution in [0.25, 0.3) is 0 Å². The van der Waals surface area contributed by atoms with E-state index in [4.69, 9.17) is 4.42 Å². The molecule has 1 fully saturated rings. The number of furan rings is 1. The van der Waals surface area contributed by atoms with Crippen molar-refractivity contribution in [3.63, 3.8) is 0 Å². The number of rotatable bonds is 7. The van der Waals surface area contributed by atoms with Crippen molar-refractivity contribution < 1.29 is 9.21 Å². The first kappa shape index (κ1) is 19.6. The number of aryl methyl sites for hydroxylation is 1. The van der Waals surface area contributed by atoms with Crippen LogP contribution in [0.4, 0.5) is 10.5 Å². The van der Waals surface area contributed by atoms with Gasteiger partial charge in [-0.25, -0.2) is 9.78 Å². The summed E-state index contributed by atoms with van der Waals surface area (Å²) in [5.41, 5.74) is 0.752. The van der Waals surface area contributed by atoms with Crippen LogP contribution in [0.1, 0.15) is 24.6 Å². The molecule has 4 rings (SSSR count). The zero-order valence-corrected chi connectivity index (χ0v) is 17.2. The Hall–Kier alpha value is -2.71. The lowest BCUT2D eigenvalue weighted by atomic mass is 10.2. The zero-order chi connectivity index (χ0) is 20.1. The van der Waals surface area contributed by atoms with Gasteiger partial charge in [-0.05, 0) is 62.3 Å². The number of carbonyl (C=O) groups excluding carboxylic acids is 1. The number of carbonyl (C=O) groups is 1. The van der Waals surface area contributed by atoms with E-state index < -0.39 is 0 Å². The molecule has 3 heterocycles. The van der Waals surface area contributed by atoms with Crippen LogP contribution < -0.4 is 10.6 Å². The number of benzene rings is 1. The molecule has 2 amide bonds. The number of hydrogen-bond acceptors (Lipinski definition) is 5. The number of aromatic nitrogens is 2. The number of likely N-dealkylation sites (tertiary alicyclic amines) is 1. The van der Waals surface area contributed by atoms with Gasteiger partial charge in [0.1, 0.15) is 5.76 Å². The van der Waals surface area contributed by atoms with Crippen molar-refractivity contribution in [3.8, 4) is 0 Å². The van der Waals surface area contributed by atoms with Gasteiger partial charge in [-0.15, -0.1) is 0 Å². The summed E-state index contributed by atoms with van der Waals surface area (Å²) < 4.78 is 7.57. The Morgan fingerprint density at radius 3 is 2.69 bits per heavy atom. The highest BCUT2D eigenvalue weighted by Crippen LogP contribution is 2.27. The molecule has 1 aliphatic heterocycles. The van der Waals surface area contributed by atoms with Gasteiger partial charge in [0, 0.05) is 36.6 Å². The molecule has 2 aromatic heterocycles. The minimum atomic E-state index is -0.217. The maximum Gasteiger partial charge on any atom is 0.319 e. The fourth-order valence-electron chi connectivity index (χ4n) is 3.47. The molecule has 2 N–H and O–H groups in total. The van der Waals surface area contributed by atoms with Crippen LogP contribution in [0.5, 0.6) is 0 Å². The normalized spacial score (nSPS) is 15.3. The van der Waals surface area contributed by atoms with E-state index in [9.17, 15) is 4.79 Å². The zero-order valence-electron chi connectivity index (χ0n) is 16.4. The van der Waals surface area contributed by atoms with Crippen LogP contribution in [0.2, 0.25) is 0 Å². The largest absolute Gasteiger partial charge is 0.468 e. The molecule has 1 aromatic carbocycles. The van der Waals surface area contributed by atoms with Crippen molar-refractivity contribution >= 4 is 23.5 Å². The molecule has 0 radical (unpaired) electrons. The third-order valence-corrected chi connectivity index (χ3v) is 6.09. The quantitative estimate of drug-likeness (QED) is 0.612. The highest BCUT2D eigenvalue weighted by molar-refractivity contribution is 7.99. The minimum Gasteiger partial charge on any atom is -0.468 e. The third-order valence-electron chi connectivity index (χ3n) is 5.01. The lowest BCUT2D eigenvalue weighted by Crippen LogP contribution is -2.38. The highest BCUT2D eigenvalue weighted by Gasteiger charge is 2.25. The van der Waals surface area contributed by atoms with Crippen LogP contribution in [0, 0.1) is 0 Å². The maximum absolute atomic E-state index is 12.4. The summed E-state index contributed by atoms with van der Waals surface area (Å²) in [6, 6.07) is 11.5. The molecule has 7 nitrogen and oxygen atoms in total. The second-order valence-electron chi connectivity index (χ2n) is 7.06. The first-order valence-corrected chi connectivity index (χ1v) is 10.6. The van der Waals surface area contributed by atoms with E-state index in [1.165, 1.54) is 12.8 Å². The number of imidazole rings is 1. The summed E-state index contributed by atoms with van der Waals surface area (Å²) in [6.45, 7) is 2.57. The van der Waals surface area contributed by atoms with Crippen LogP contribution >= 0.6 is 11.8 Å². The van der Waals surface area contributed by atoms with E-state index in [0.717, 1.165) is 34.6 Å². The number of urea groups is 1. The second kappa shape index (κ2) is 9.19. The number of hydrogen-bond donors (Lipinski definition) is 2. The Morgan fingerprint density at radius 1 is 1.24 bits per heavy atom. The number of amides is 2. The predicted molar refractivity (Wildman–Crippen MR) is 113 cm³/mol. The Bertz CT molecular complexity index is 917. The van der Waals surface area contributed by atoms with Gasteiger partial charge in [-0.2, -0.15) is 0 Å². The summed E-state index contributed by atoms with van der Waals surface area (Å²) in [5, 5.41) is 6.81. The van der Waals surface area contributed by atoms with Crippen LogP contribution in [-0.4, -0.2) is 40.1 Å². The molecule has 3 aromatic rings. The first-order valence-electron chi connectivity index (χ1n) is 9.76. The molecule has 1 saturated heterocycles. The van der Waals surface area contributed by atoms with Crippen molar-refractivity contribution in [3.05, 3.63) is 60.8 Å². The van der Waals surface area contributed by atoms with E-state index in [1.54, 1.807) is 24.2 Å². The van der Waals surface area contributed by atoms with Crippen LogP contribution in [0.15, 0.2) is 69.5 Å². The Kier molecular flexibility index (Phi) is 6.21. The smallest absolute Gasteiger partial charge is 0.319 e. The van der Waals surface area contributed by atoms with Gasteiger partial charge in [0.05, 0.1) is 12.3 Å². The molecule has 1 atom stereocenters. The van der Waals surface area contributed by atoms with Crippen molar-refractivity contribution in [2.75, 3.05) is 25.0 Å². The van der Waals surface area contributed by atoms with E-state index in [-0.39, 0.29) is 12.1 Å². The topological polar surface area (TPSA) is 75.3 Å². The molecule has 152 valence electrons. The average molecular weight is 412 g/mol. The fraction of sp³-hybridized carbons (Fsp3) is 0.333. The Balaban J connectivity index is 1.31. The molecule has 0 bridgehead atoms. The molecule has 1 aliphatic rings. The summed E-state index contributed by atoms with van der Waals surface area (Å²) in [7, 11) is 1.97. The third kappa shape index (κ3) is 5.02. The molecule has 0 unspecified atom stereocenters. The maximum atomic E-state index is 12.4. The van der Waals surface area contributed by atoms with E-state index in [1.807, 2.05) is 54.2 Å². The number of nitrogens with one attached hydrogen (secondary N) is 2. The predicted octanol–water partition coefficient (Wildman–Crippen LogP) is 4.12. The summed E-state index contributed by atoms with van der Waals surface area (Å²) in [5.74, 6) is 0.892. The molecule has 0 saturated carbocycles. The van der Waals surface area contributed by atoms with E-state index in [2.05, 4.69) is 20.5 Å². The Labute approximate surface area is 174 Å². The van der Waals surface area contributed by atoms with Crippen molar-refractivity contribution in [2.45, 2.75) is 28.9 Å². The first-order chi connectivity index (χ1) is 14.2. The van der Waals surface area contributed by atoms with Crippen molar-refractivity contribution in [2.24, 2.45) is 7.05 Å². The van der Waals surface area contributed by atoms with Crippen LogP contribution in [-0.2, 0) is 7.05 Å². The molecule has 8 heteroatoms. The second-order valence-corrected chi connectivity index (χ2v) is 8.10. The van der Waals surface area contributed by atoms with Gasteiger partial charge in [-0.3, -0.25) is 4.90 Å². The van der Waals surface area contributed by atoms with Crippen molar-refractivity contribution in [1.29, 1.82) is 0 Å². The molecule has 29 heavy (non-hydrogen) atoms. The molecule has 0 aliphatic carbocycles. The lowest BCUT2D eigenvalue weighted by Gasteiger charge is -2.26. The monoisotopic (exact) mass is 411 g/mol. The minimum absolute atomic E-state index is 0.0646. The van der Waals surface area contributed by atoms with E-state index >= 15 is 0 Å². The fourth-order valence-corrected chi connectivity index (χ4v) is 4.27. The standard InChI is InChI=1S/C21H25N5O2S/c1-25-13-10-22-21(25)29-17-8-6-16(7-9-17)24-20(27)23-15-18(19-5-4-14-28-19)26-11-2-3-12-26/h4-10,13-14,18H,2-3,11-12,15H2,1H3,(H2,23,24,27)/t18-/m1/s1. The van der Waals surface area contributed by atoms with Gasteiger partial charge in [0.2, 0.25) is 0 Å². The Morgan fingerprint density at radius 2 is 2.03 bits per heavy atom. The van der Waals surface area contributed by atoms with Gasteiger partial charge in [0.15, 0.2) is 5.16 Å². The van der Waals surface area contributed by atoms with Gasteiger partial charge in [-0.1, -0.05) is 11.8 Å². The summed E-state index contributed by atoms with van der Waals surface area (Å²) in [4.78, 5) is 20.1. The lowest BCUT2D eigenvalue weighted by molar-refractivity contribution is 0.207. The molecule has 0 spiro atoms. The number of nitrogens with zero attached hydrogens (tertiary/aromatic N) is 3. The SMILES string of the molecule is Cn1ccnc1Sc1ccc(NC(=O)NC[C@H](c2ccco2)N2CCCC2)cc1. The van der Waals surface area contributed by atoms with Crippen LogP contribution in [0.3, 0.4) is 0 Å². The van der Waals surface area contributed by atoms with Gasteiger partial charge in [0.25, 0.3) is 0 Å². The van der Waals surface area contributed by atoms with Gasteiger partial charge >= 0.3 is 6.03 Å². The van der Waals surface area contributed by atoms with Crippen molar-refractivity contribution in [1.82, 2.24) is 19.8 Å².